The van der Waals surface area contributed by atoms with Gasteiger partial charge < -0.3 is 14.8 Å². The molecule has 20 heavy (non-hydrogen) atoms. The van der Waals surface area contributed by atoms with Crippen molar-refractivity contribution < 1.29 is 14.3 Å². The zero-order valence-electron chi connectivity index (χ0n) is 11.9. The Morgan fingerprint density at radius 1 is 1.30 bits per heavy atom. The molecule has 5 heteroatoms. The number of hydrogen-bond acceptors (Lipinski definition) is 3. The third-order valence-corrected chi connectivity index (χ3v) is 4.26. The van der Waals surface area contributed by atoms with Crippen molar-refractivity contribution in [2.24, 2.45) is 5.41 Å². The Kier molecular flexibility index (Phi) is 4.91. The van der Waals surface area contributed by atoms with E-state index in [0.717, 1.165) is 11.8 Å². The second-order valence-corrected chi connectivity index (χ2v) is 5.95. The van der Waals surface area contributed by atoms with E-state index in [-0.39, 0.29) is 11.3 Å². The number of halogens is 1. The van der Waals surface area contributed by atoms with Crippen molar-refractivity contribution in [3.8, 4) is 11.5 Å². The highest BCUT2D eigenvalue weighted by Crippen LogP contribution is 2.48. The number of hydrogen-bond donors (Lipinski definition) is 1. The summed E-state index contributed by atoms with van der Waals surface area (Å²) in [6.45, 7) is 0.707. The van der Waals surface area contributed by atoms with Crippen LogP contribution in [-0.2, 0) is 0 Å². The van der Waals surface area contributed by atoms with Crippen molar-refractivity contribution >= 4 is 21.8 Å². The molecule has 1 aliphatic carbocycles. The smallest absolute Gasteiger partial charge is 0.258 e. The van der Waals surface area contributed by atoms with Crippen LogP contribution in [0.4, 0.5) is 0 Å². The monoisotopic (exact) mass is 341 g/mol. The molecule has 0 aliphatic heterocycles. The van der Waals surface area contributed by atoms with Crippen LogP contribution >= 0.6 is 15.9 Å². The summed E-state index contributed by atoms with van der Waals surface area (Å²) in [5.41, 5.74) is 0.751. The molecular weight excluding hydrogens is 322 g/mol. The largest absolute Gasteiger partial charge is 0.496 e. The third-order valence-electron chi connectivity index (χ3n) is 3.86. The lowest BCUT2D eigenvalue weighted by Crippen LogP contribution is -2.31. The first-order chi connectivity index (χ1) is 9.65. The Morgan fingerprint density at radius 3 is 2.35 bits per heavy atom. The summed E-state index contributed by atoms with van der Waals surface area (Å²) in [6.07, 6.45) is 3.46. The Morgan fingerprint density at radius 2 is 1.90 bits per heavy atom. The summed E-state index contributed by atoms with van der Waals surface area (Å²) >= 11 is 3.47. The highest BCUT2D eigenvalue weighted by Gasteiger charge is 2.41. The van der Waals surface area contributed by atoms with E-state index in [1.54, 1.807) is 26.4 Å². The van der Waals surface area contributed by atoms with E-state index < -0.39 is 0 Å². The number of carbonyl (C=O) groups is 1. The van der Waals surface area contributed by atoms with Gasteiger partial charge in [0.2, 0.25) is 0 Å². The van der Waals surface area contributed by atoms with Gasteiger partial charge in [0, 0.05) is 11.9 Å². The molecule has 0 radical (unpaired) electrons. The van der Waals surface area contributed by atoms with Crippen LogP contribution in [-0.4, -0.2) is 32.0 Å². The van der Waals surface area contributed by atoms with E-state index in [4.69, 9.17) is 9.47 Å². The number of benzene rings is 1. The van der Waals surface area contributed by atoms with Gasteiger partial charge >= 0.3 is 0 Å². The van der Waals surface area contributed by atoms with Gasteiger partial charge in [0.1, 0.15) is 17.1 Å². The first-order valence-corrected chi connectivity index (χ1v) is 7.83. The maximum atomic E-state index is 12.4. The lowest BCUT2D eigenvalue weighted by Gasteiger charge is -2.17. The molecule has 1 aromatic rings. The van der Waals surface area contributed by atoms with Gasteiger partial charge in [-0.25, -0.2) is 0 Å². The van der Waals surface area contributed by atoms with Gasteiger partial charge in [-0.1, -0.05) is 22.0 Å². The van der Waals surface area contributed by atoms with Gasteiger partial charge in [-0.2, -0.15) is 0 Å². The molecule has 2 rings (SSSR count). The molecule has 110 valence electrons. The first kappa shape index (κ1) is 15.2. The quantitative estimate of drug-likeness (QED) is 0.775. The zero-order valence-corrected chi connectivity index (χ0v) is 13.5. The molecule has 1 aliphatic rings. The van der Waals surface area contributed by atoms with E-state index in [1.807, 2.05) is 6.07 Å². The number of amides is 1. The van der Waals surface area contributed by atoms with Crippen LogP contribution in [0.1, 0.15) is 29.6 Å². The number of methoxy groups -OCH3 is 2. The molecule has 0 aromatic heterocycles. The van der Waals surface area contributed by atoms with E-state index in [9.17, 15) is 4.79 Å². The maximum absolute atomic E-state index is 12.4. The molecule has 1 aromatic carbocycles. The summed E-state index contributed by atoms with van der Waals surface area (Å²) in [6, 6.07) is 5.34. The molecule has 0 bridgehead atoms. The summed E-state index contributed by atoms with van der Waals surface area (Å²) < 4.78 is 10.5. The molecule has 0 spiro atoms. The average Bonchev–Trinajstić information content (AvgIpc) is 3.24. The van der Waals surface area contributed by atoms with Crippen molar-refractivity contribution in [1.29, 1.82) is 0 Å². The molecule has 1 N–H and O–H groups in total. The highest BCUT2D eigenvalue weighted by atomic mass is 79.9. The molecule has 0 saturated heterocycles. The second kappa shape index (κ2) is 6.48. The minimum absolute atomic E-state index is 0.139. The van der Waals surface area contributed by atoms with Crippen LogP contribution in [0.3, 0.4) is 0 Å². The summed E-state index contributed by atoms with van der Waals surface area (Å²) in [5, 5.41) is 3.99. The molecule has 0 atom stereocenters. The number of carbonyl (C=O) groups excluding carboxylic acids is 1. The molecule has 0 heterocycles. The fourth-order valence-electron chi connectivity index (χ4n) is 2.32. The van der Waals surface area contributed by atoms with Crippen molar-refractivity contribution in [1.82, 2.24) is 5.32 Å². The van der Waals surface area contributed by atoms with Gasteiger partial charge in [0.15, 0.2) is 0 Å². The molecule has 1 amide bonds. The van der Waals surface area contributed by atoms with E-state index in [1.165, 1.54) is 12.8 Å². The normalized spacial score (nSPS) is 15.6. The Hall–Kier alpha value is -1.23. The maximum Gasteiger partial charge on any atom is 0.258 e. The average molecular weight is 342 g/mol. The molecular formula is C15H20BrNO3. The van der Waals surface area contributed by atoms with E-state index in [2.05, 4.69) is 21.2 Å². The van der Waals surface area contributed by atoms with Crippen molar-refractivity contribution in [2.45, 2.75) is 19.3 Å². The molecule has 1 fully saturated rings. The van der Waals surface area contributed by atoms with Crippen LogP contribution in [0.5, 0.6) is 11.5 Å². The van der Waals surface area contributed by atoms with Crippen molar-refractivity contribution in [2.75, 3.05) is 26.1 Å². The Bertz CT molecular complexity index is 464. The zero-order chi connectivity index (χ0) is 14.6. The molecule has 0 unspecified atom stereocenters. The first-order valence-electron chi connectivity index (χ1n) is 6.71. The minimum Gasteiger partial charge on any atom is -0.496 e. The number of ether oxygens (including phenoxy) is 2. The standard InChI is InChI=1S/C15H20BrNO3/c1-19-11-4-3-5-12(20-2)13(11)14(18)17-10-15(6-7-15)8-9-16/h3-5H,6-10H2,1-2H3,(H,17,18). The predicted molar refractivity (Wildman–Crippen MR) is 82.0 cm³/mol. The topological polar surface area (TPSA) is 47.6 Å². The SMILES string of the molecule is COc1cccc(OC)c1C(=O)NCC1(CCBr)CC1. The fraction of sp³-hybridized carbons (Fsp3) is 0.533. The Balaban J connectivity index is 2.09. The highest BCUT2D eigenvalue weighted by molar-refractivity contribution is 9.09. The molecule has 4 nitrogen and oxygen atoms in total. The second-order valence-electron chi connectivity index (χ2n) is 5.16. The Labute approximate surface area is 128 Å². The van der Waals surface area contributed by atoms with Gasteiger partial charge in [-0.15, -0.1) is 0 Å². The van der Waals surface area contributed by atoms with Crippen LogP contribution < -0.4 is 14.8 Å². The predicted octanol–water partition coefficient (Wildman–Crippen LogP) is 3.00. The summed E-state index contributed by atoms with van der Waals surface area (Å²) in [7, 11) is 3.11. The lowest BCUT2D eigenvalue weighted by molar-refractivity contribution is 0.0938. The number of rotatable bonds is 7. The van der Waals surface area contributed by atoms with Gasteiger partial charge in [0.05, 0.1) is 14.2 Å². The van der Waals surface area contributed by atoms with Gasteiger partial charge in [-0.3, -0.25) is 4.79 Å². The third kappa shape index (κ3) is 3.26. The van der Waals surface area contributed by atoms with Crippen LogP contribution in [0.15, 0.2) is 18.2 Å². The number of alkyl halides is 1. The van der Waals surface area contributed by atoms with Crippen LogP contribution in [0, 0.1) is 5.41 Å². The van der Waals surface area contributed by atoms with Gasteiger partial charge in [0.25, 0.3) is 5.91 Å². The van der Waals surface area contributed by atoms with Gasteiger partial charge in [-0.05, 0) is 36.8 Å². The summed E-state index contributed by atoms with van der Waals surface area (Å²) in [5.74, 6) is 0.930. The van der Waals surface area contributed by atoms with E-state index >= 15 is 0 Å². The summed E-state index contributed by atoms with van der Waals surface area (Å²) in [4.78, 5) is 12.4. The van der Waals surface area contributed by atoms with Crippen LogP contribution in [0.25, 0.3) is 0 Å². The van der Waals surface area contributed by atoms with Crippen molar-refractivity contribution in [3.05, 3.63) is 23.8 Å². The number of nitrogens with one attached hydrogen (secondary N) is 1. The lowest BCUT2D eigenvalue weighted by atomic mass is 10.0. The minimum atomic E-state index is -0.139. The van der Waals surface area contributed by atoms with Crippen molar-refractivity contribution in [3.63, 3.8) is 0 Å². The fourth-order valence-corrected chi connectivity index (χ4v) is 3.16. The van der Waals surface area contributed by atoms with Crippen LogP contribution in [0.2, 0.25) is 0 Å². The van der Waals surface area contributed by atoms with E-state index in [0.29, 0.717) is 23.6 Å². The molecule has 1 saturated carbocycles.